The molecule has 0 aromatic carbocycles. The lowest BCUT2D eigenvalue weighted by Crippen LogP contribution is -2.43. The topological polar surface area (TPSA) is 3.24 Å². The molecule has 24 heavy (non-hydrogen) atoms. The van der Waals surface area contributed by atoms with Crippen LogP contribution in [0, 0.1) is 0 Å². The van der Waals surface area contributed by atoms with Gasteiger partial charge in [-0.25, -0.2) is 0 Å². The Kier molecular flexibility index (Phi) is 7.79. The van der Waals surface area contributed by atoms with Crippen LogP contribution in [-0.2, 0) is 0 Å². The quantitative estimate of drug-likeness (QED) is 0.414. The molecule has 1 heterocycles. The first-order valence-electron chi connectivity index (χ1n) is 9.42. The van der Waals surface area contributed by atoms with E-state index in [0.29, 0.717) is 5.54 Å². The van der Waals surface area contributed by atoms with Gasteiger partial charge in [-0.15, -0.1) is 0 Å². The van der Waals surface area contributed by atoms with Crippen molar-refractivity contribution in [2.24, 2.45) is 0 Å². The number of hydrogen-bond donors (Lipinski definition) is 0. The molecule has 0 amide bonds. The van der Waals surface area contributed by atoms with E-state index in [1.165, 1.54) is 48.9 Å². The molecule has 1 rings (SSSR count). The Bertz CT molecular complexity index is 538. The second-order valence-electron chi connectivity index (χ2n) is 7.53. The molecule has 134 valence electrons. The fraction of sp³-hybridized carbons (Fsp3) is 0.565. The van der Waals surface area contributed by atoms with E-state index in [9.17, 15) is 0 Å². The first-order chi connectivity index (χ1) is 11.3. The van der Waals surface area contributed by atoms with Gasteiger partial charge in [-0.1, -0.05) is 69.7 Å². The second-order valence-corrected chi connectivity index (χ2v) is 7.53. The number of likely N-dealkylation sites (tertiary alicyclic amines) is 1. The molecule has 1 heteroatoms. The second kappa shape index (κ2) is 9.11. The molecule has 0 N–H and O–H groups in total. The first-order valence-corrected chi connectivity index (χ1v) is 9.42. The van der Waals surface area contributed by atoms with E-state index >= 15 is 0 Å². The van der Waals surface area contributed by atoms with Crippen molar-refractivity contribution >= 4 is 0 Å². The van der Waals surface area contributed by atoms with E-state index in [1.54, 1.807) is 0 Å². The van der Waals surface area contributed by atoms with Crippen molar-refractivity contribution in [1.29, 1.82) is 0 Å². The van der Waals surface area contributed by atoms with E-state index < -0.39 is 0 Å². The van der Waals surface area contributed by atoms with E-state index in [4.69, 9.17) is 0 Å². The summed E-state index contributed by atoms with van der Waals surface area (Å²) < 4.78 is 0. The molecule has 1 aliphatic rings. The molecular formula is C23H37N. The van der Waals surface area contributed by atoms with Gasteiger partial charge in [-0.2, -0.15) is 0 Å². The minimum atomic E-state index is 0.306. The van der Waals surface area contributed by atoms with Crippen LogP contribution in [0.2, 0.25) is 0 Å². The molecule has 0 aromatic heterocycles. The molecule has 0 unspecified atom stereocenters. The highest BCUT2D eigenvalue weighted by Gasteiger charge is 2.40. The van der Waals surface area contributed by atoms with Gasteiger partial charge in [0.05, 0.1) is 0 Å². The van der Waals surface area contributed by atoms with Gasteiger partial charge in [-0.05, 0) is 57.6 Å². The summed E-state index contributed by atoms with van der Waals surface area (Å²) in [5, 5.41) is 0. The zero-order valence-corrected chi connectivity index (χ0v) is 16.7. The van der Waals surface area contributed by atoms with Crippen molar-refractivity contribution in [2.75, 3.05) is 6.54 Å². The van der Waals surface area contributed by atoms with Crippen LogP contribution in [0.5, 0.6) is 0 Å². The van der Waals surface area contributed by atoms with Crippen LogP contribution in [0.4, 0.5) is 0 Å². The largest absolute Gasteiger partial charge is 0.366 e. The minimum Gasteiger partial charge on any atom is -0.366 e. The Labute approximate surface area is 150 Å². The Morgan fingerprint density at radius 1 is 1.08 bits per heavy atom. The van der Waals surface area contributed by atoms with Gasteiger partial charge in [0, 0.05) is 17.8 Å². The van der Waals surface area contributed by atoms with Crippen LogP contribution < -0.4 is 0 Å². The first kappa shape index (κ1) is 20.5. The molecule has 0 spiro atoms. The van der Waals surface area contributed by atoms with E-state index in [0.717, 1.165) is 24.1 Å². The Morgan fingerprint density at radius 3 is 2.12 bits per heavy atom. The minimum absolute atomic E-state index is 0.306. The Balaban J connectivity index is 3.16. The molecule has 0 atom stereocenters. The number of allylic oxidation sites excluding steroid dienone is 6. The van der Waals surface area contributed by atoms with Crippen LogP contribution in [0.25, 0.3) is 0 Å². The lowest BCUT2D eigenvalue weighted by molar-refractivity contribution is 0.147. The highest BCUT2D eigenvalue weighted by molar-refractivity contribution is 5.43. The third kappa shape index (κ3) is 5.00. The molecule has 0 saturated carbocycles. The van der Waals surface area contributed by atoms with Gasteiger partial charge >= 0.3 is 0 Å². The normalized spacial score (nSPS) is 18.2. The van der Waals surface area contributed by atoms with Crippen LogP contribution in [0.15, 0.2) is 59.9 Å². The Morgan fingerprint density at radius 2 is 1.67 bits per heavy atom. The maximum atomic E-state index is 4.38. The summed E-state index contributed by atoms with van der Waals surface area (Å²) in [7, 11) is 0. The highest BCUT2D eigenvalue weighted by Crippen LogP contribution is 2.43. The smallest absolute Gasteiger partial charge is 0.0406 e. The van der Waals surface area contributed by atoms with E-state index in [-0.39, 0.29) is 0 Å². The van der Waals surface area contributed by atoms with Gasteiger partial charge in [0.2, 0.25) is 0 Å². The lowest BCUT2D eigenvalue weighted by atomic mass is 9.85. The van der Waals surface area contributed by atoms with E-state index in [2.05, 4.69) is 64.5 Å². The number of hydrogen-bond acceptors (Lipinski definition) is 1. The lowest BCUT2D eigenvalue weighted by Gasteiger charge is -2.41. The molecule has 0 aliphatic carbocycles. The summed E-state index contributed by atoms with van der Waals surface area (Å²) in [6, 6.07) is 0. The van der Waals surface area contributed by atoms with Crippen molar-refractivity contribution in [1.82, 2.24) is 4.90 Å². The summed E-state index contributed by atoms with van der Waals surface area (Å²) in [6.45, 7) is 24.4. The summed E-state index contributed by atoms with van der Waals surface area (Å²) in [6.07, 6.45) is 11.6. The van der Waals surface area contributed by atoms with Crippen LogP contribution in [0.3, 0.4) is 0 Å². The average Bonchev–Trinajstić information content (AvgIpc) is 2.77. The molecule has 1 fully saturated rings. The van der Waals surface area contributed by atoms with Crippen molar-refractivity contribution in [3.05, 3.63) is 59.9 Å². The standard InChI is InChI=1S/C23H37N/c1-9-14-23(15-10-2)16-13-21(8)24(23)17-20(7)22(19(5)6)12-11-18(3)4/h11-12H,3,5,8-10,13-17H2,1-2,4,6-7H3/b12-11-,22-20-. The van der Waals surface area contributed by atoms with Crippen molar-refractivity contribution in [2.45, 2.75) is 78.7 Å². The predicted octanol–water partition coefficient (Wildman–Crippen LogP) is 6.96. The van der Waals surface area contributed by atoms with Crippen molar-refractivity contribution < 1.29 is 0 Å². The molecule has 0 radical (unpaired) electrons. The maximum Gasteiger partial charge on any atom is 0.0406 e. The van der Waals surface area contributed by atoms with Crippen molar-refractivity contribution in [3.63, 3.8) is 0 Å². The highest BCUT2D eigenvalue weighted by atomic mass is 15.2. The average molecular weight is 328 g/mol. The third-order valence-electron chi connectivity index (χ3n) is 5.11. The molecule has 1 saturated heterocycles. The van der Waals surface area contributed by atoms with Crippen molar-refractivity contribution in [3.8, 4) is 0 Å². The van der Waals surface area contributed by atoms with Crippen LogP contribution in [-0.4, -0.2) is 17.0 Å². The summed E-state index contributed by atoms with van der Waals surface area (Å²) in [5.41, 5.74) is 6.42. The van der Waals surface area contributed by atoms with Gasteiger partial charge in [-0.3, -0.25) is 0 Å². The molecule has 0 bridgehead atoms. The maximum absolute atomic E-state index is 4.38. The predicted molar refractivity (Wildman–Crippen MR) is 109 cm³/mol. The van der Waals surface area contributed by atoms with Crippen LogP contribution in [0.1, 0.15) is 73.1 Å². The Hall–Kier alpha value is -1.50. The molecule has 0 aromatic rings. The summed E-state index contributed by atoms with van der Waals surface area (Å²) >= 11 is 0. The van der Waals surface area contributed by atoms with Gasteiger partial charge in [0.25, 0.3) is 0 Å². The number of nitrogens with zero attached hydrogens (tertiary/aromatic N) is 1. The van der Waals surface area contributed by atoms with Gasteiger partial charge in [0.1, 0.15) is 0 Å². The van der Waals surface area contributed by atoms with Crippen LogP contribution >= 0.6 is 0 Å². The SMILES string of the molecule is C=C(C)/C=C\C(C(=C)C)=C(/C)CN1C(=C)CCC1(CCC)CCC. The molecular weight excluding hydrogens is 290 g/mol. The zero-order valence-electron chi connectivity index (χ0n) is 16.7. The van der Waals surface area contributed by atoms with Gasteiger partial charge in [0.15, 0.2) is 0 Å². The monoisotopic (exact) mass is 327 g/mol. The van der Waals surface area contributed by atoms with E-state index in [1.807, 2.05) is 6.92 Å². The molecule has 1 aliphatic heterocycles. The summed E-state index contributed by atoms with van der Waals surface area (Å²) in [4.78, 5) is 2.60. The fourth-order valence-electron chi connectivity index (χ4n) is 4.03. The van der Waals surface area contributed by atoms with Gasteiger partial charge < -0.3 is 4.90 Å². The number of rotatable bonds is 9. The third-order valence-corrected chi connectivity index (χ3v) is 5.11. The zero-order chi connectivity index (χ0) is 18.3. The summed E-state index contributed by atoms with van der Waals surface area (Å²) in [5.74, 6) is 0. The fourth-order valence-corrected chi connectivity index (χ4v) is 4.03. The molecule has 1 nitrogen and oxygen atoms in total.